The van der Waals surface area contributed by atoms with E-state index in [0.29, 0.717) is 5.56 Å². The highest BCUT2D eigenvalue weighted by atomic mass is 19.4. The first-order chi connectivity index (χ1) is 13.8. The number of hydrogen-bond donors (Lipinski definition) is 0. The van der Waals surface area contributed by atoms with Crippen LogP contribution in [0.2, 0.25) is 0 Å². The molecule has 0 amide bonds. The second kappa shape index (κ2) is 8.36. The van der Waals surface area contributed by atoms with Crippen molar-refractivity contribution >= 4 is 5.78 Å². The number of rotatable bonds is 4. The Morgan fingerprint density at radius 1 is 0.828 bits per heavy atom. The minimum absolute atomic E-state index is 0.0450. The average Bonchev–Trinajstić information content (AvgIpc) is 2.72. The van der Waals surface area contributed by atoms with E-state index in [1.54, 1.807) is 60.7 Å². The number of alkyl halides is 3. The molecule has 29 heavy (non-hydrogen) atoms. The van der Waals surface area contributed by atoms with Gasteiger partial charge in [0.2, 0.25) is 0 Å². The third kappa shape index (κ3) is 4.57. The molecule has 0 aliphatic heterocycles. The van der Waals surface area contributed by atoms with Gasteiger partial charge in [0.05, 0.1) is 0 Å². The molecule has 3 aromatic carbocycles. The lowest BCUT2D eigenvalue weighted by Gasteiger charge is -2.31. The Balaban J connectivity index is 2.13. The van der Waals surface area contributed by atoms with Crippen LogP contribution >= 0.6 is 0 Å². The molecule has 146 valence electrons. The Labute approximate surface area is 168 Å². The van der Waals surface area contributed by atoms with Gasteiger partial charge in [-0.1, -0.05) is 90.2 Å². The Kier molecular flexibility index (Phi) is 5.89. The van der Waals surface area contributed by atoms with Crippen LogP contribution in [0.15, 0.2) is 84.9 Å². The SMILES string of the molecule is Cc1ccc(C(=O)CC(C#Cc2ccccc2)(c2ccccc2)C(F)(F)F)cc1. The number of Topliss-reactive ketones (excluding diaryl/α,β-unsaturated/α-hetero) is 1. The lowest BCUT2D eigenvalue weighted by molar-refractivity contribution is -0.172. The number of hydrogen-bond acceptors (Lipinski definition) is 1. The Morgan fingerprint density at radius 2 is 1.38 bits per heavy atom. The van der Waals surface area contributed by atoms with Gasteiger partial charge < -0.3 is 0 Å². The van der Waals surface area contributed by atoms with Crippen molar-refractivity contribution in [2.75, 3.05) is 0 Å². The molecule has 1 unspecified atom stereocenters. The molecular formula is C25H19F3O. The Bertz CT molecular complexity index is 1030. The maximum atomic E-state index is 14.4. The molecule has 0 saturated carbocycles. The van der Waals surface area contributed by atoms with Gasteiger partial charge in [-0.3, -0.25) is 4.79 Å². The predicted molar refractivity (Wildman–Crippen MR) is 108 cm³/mol. The molecule has 4 heteroatoms. The largest absolute Gasteiger partial charge is 0.409 e. The second-order valence-electron chi connectivity index (χ2n) is 6.85. The molecule has 3 aromatic rings. The smallest absolute Gasteiger partial charge is 0.294 e. The average molecular weight is 392 g/mol. The molecular weight excluding hydrogens is 373 g/mol. The standard InChI is InChI=1S/C25H19F3O/c1-19-12-14-21(15-13-19)23(29)18-24(25(26,27)28,22-10-6-3-7-11-22)17-16-20-8-4-2-5-9-20/h2-15H,18H2,1H3. The van der Waals surface area contributed by atoms with Crippen molar-refractivity contribution < 1.29 is 18.0 Å². The Hall–Kier alpha value is -3.32. The molecule has 1 nitrogen and oxygen atoms in total. The van der Waals surface area contributed by atoms with E-state index in [9.17, 15) is 18.0 Å². The number of aryl methyl sites for hydroxylation is 1. The summed E-state index contributed by atoms with van der Waals surface area (Å²) in [5.41, 5.74) is -1.03. The third-order valence-electron chi connectivity index (χ3n) is 4.74. The van der Waals surface area contributed by atoms with Crippen molar-refractivity contribution in [3.63, 3.8) is 0 Å². The fourth-order valence-corrected chi connectivity index (χ4v) is 3.06. The highest BCUT2D eigenvalue weighted by Gasteiger charge is 2.56. The summed E-state index contributed by atoms with van der Waals surface area (Å²) in [5.74, 6) is 4.45. The van der Waals surface area contributed by atoms with E-state index in [1.807, 2.05) is 6.92 Å². The van der Waals surface area contributed by atoms with Gasteiger partial charge in [0.25, 0.3) is 0 Å². The van der Waals surface area contributed by atoms with Crippen LogP contribution in [0.3, 0.4) is 0 Å². The van der Waals surface area contributed by atoms with E-state index >= 15 is 0 Å². The highest BCUT2D eigenvalue weighted by Crippen LogP contribution is 2.44. The highest BCUT2D eigenvalue weighted by molar-refractivity contribution is 5.97. The van der Waals surface area contributed by atoms with Crippen LogP contribution in [0.5, 0.6) is 0 Å². The summed E-state index contributed by atoms with van der Waals surface area (Å²) in [6.45, 7) is 1.85. The van der Waals surface area contributed by atoms with Crippen LogP contribution in [0, 0.1) is 18.8 Å². The fourth-order valence-electron chi connectivity index (χ4n) is 3.06. The van der Waals surface area contributed by atoms with E-state index < -0.39 is 23.8 Å². The van der Waals surface area contributed by atoms with Crippen molar-refractivity contribution in [2.24, 2.45) is 0 Å². The van der Waals surface area contributed by atoms with Crippen LogP contribution in [-0.2, 0) is 5.41 Å². The number of carbonyl (C=O) groups excluding carboxylic acids is 1. The van der Waals surface area contributed by atoms with Crippen LogP contribution in [0.1, 0.15) is 33.5 Å². The molecule has 0 aliphatic rings. The molecule has 0 N–H and O–H groups in total. The Morgan fingerprint density at radius 3 is 1.93 bits per heavy atom. The first kappa shape index (κ1) is 20.4. The second-order valence-corrected chi connectivity index (χ2v) is 6.85. The van der Waals surface area contributed by atoms with Gasteiger partial charge in [-0.05, 0) is 24.6 Å². The zero-order valence-electron chi connectivity index (χ0n) is 15.8. The van der Waals surface area contributed by atoms with Crippen LogP contribution in [0.25, 0.3) is 0 Å². The van der Waals surface area contributed by atoms with E-state index in [-0.39, 0.29) is 11.1 Å². The number of carbonyl (C=O) groups is 1. The molecule has 0 fully saturated rings. The van der Waals surface area contributed by atoms with Crippen molar-refractivity contribution in [1.29, 1.82) is 0 Å². The van der Waals surface area contributed by atoms with Gasteiger partial charge in [0, 0.05) is 17.5 Å². The normalized spacial score (nSPS) is 13.1. The zero-order valence-corrected chi connectivity index (χ0v) is 15.8. The fraction of sp³-hybridized carbons (Fsp3) is 0.160. The van der Waals surface area contributed by atoms with Crippen molar-refractivity contribution in [3.8, 4) is 11.8 Å². The first-order valence-electron chi connectivity index (χ1n) is 9.12. The lowest BCUT2D eigenvalue weighted by atomic mass is 9.75. The van der Waals surface area contributed by atoms with E-state index in [2.05, 4.69) is 11.8 Å². The summed E-state index contributed by atoms with van der Waals surface area (Å²) < 4.78 is 43.3. The van der Waals surface area contributed by atoms with Crippen LogP contribution < -0.4 is 0 Å². The lowest BCUT2D eigenvalue weighted by Crippen LogP contribution is -2.43. The van der Waals surface area contributed by atoms with Crippen molar-refractivity contribution in [3.05, 3.63) is 107 Å². The van der Waals surface area contributed by atoms with Crippen molar-refractivity contribution in [1.82, 2.24) is 0 Å². The molecule has 0 spiro atoms. The topological polar surface area (TPSA) is 17.1 Å². The summed E-state index contributed by atoms with van der Waals surface area (Å²) in [6, 6.07) is 22.4. The summed E-state index contributed by atoms with van der Waals surface area (Å²) in [4.78, 5) is 12.8. The van der Waals surface area contributed by atoms with Gasteiger partial charge in [0.1, 0.15) is 0 Å². The van der Waals surface area contributed by atoms with E-state index in [4.69, 9.17) is 0 Å². The molecule has 0 heterocycles. The maximum Gasteiger partial charge on any atom is 0.409 e. The van der Waals surface area contributed by atoms with Gasteiger partial charge in [-0.15, -0.1) is 0 Å². The molecule has 3 rings (SSSR count). The monoisotopic (exact) mass is 392 g/mol. The molecule has 1 atom stereocenters. The molecule has 0 bridgehead atoms. The summed E-state index contributed by atoms with van der Waals surface area (Å²) in [5, 5.41) is 0. The zero-order chi connectivity index (χ0) is 20.9. The minimum atomic E-state index is -4.74. The van der Waals surface area contributed by atoms with E-state index in [0.717, 1.165) is 5.56 Å². The number of benzene rings is 3. The summed E-state index contributed by atoms with van der Waals surface area (Å²) in [7, 11) is 0. The molecule has 0 aliphatic carbocycles. The minimum Gasteiger partial charge on any atom is -0.294 e. The molecule has 0 radical (unpaired) electrons. The molecule has 0 aromatic heterocycles. The summed E-state index contributed by atoms with van der Waals surface area (Å²) in [6.07, 6.45) is -5.53. The molecule has 0 saturated heterocycles. The quantitative estimate of drug-likeness (QED) is 0.386. The summed E-state index contributed by atoms with van der Waals surface area (Å²) >= 11 is 0. The van der Waals surface area contributed by atoms with Gasteiger partial charge in [-0.25, -0.2) is 0 Å². The van der Waals surface area contributed by atoms with Crippen molar-refractivity contribution in [2.45, 2.75) is 24.9 Å². The maximum absolute atomic E-state index is 14.4. The number of ketones is 1. The van der Waals surface area contributed by atoms with Gasteiger partial charge >= 0.3 is 6.18 Å². The number of halogens is 3. The third-order valence-corrected chi connectivity index (χ3v) is 4.74. The van der Waals surface area contributed by atoms with Crippen LogP contribution in [-0.4, -0.2) is 12.0 Å². The predicted octanol–water partition coefficient (Wildman–Crippen LogP) is 6.12. The van der Waals surface area contributed by atoms with Gasteiger partial charge in [-0.2, -0.15) is 13.2 Å². The van der Waals surface area contributed by atoms with Gasteiger partial charge in [0.15, 0.2) is 11.2 Å². The first-order valence-corrected chi connectivity index (χ1v) is 9.12. The van der Waals surface area contributed by atoms with Crippen LogP contribution in [0.4, 0.5) is 13.2 Å². The van der Waals surface area contributed by atoms with E-state index in [1.165, 1.54) is 24.3 Å².